The van der Waals surface area contributed by atoms with Gasteiger partial charge >= 0.3 is 0 Å². The molecule has 1 aromatic carbocycles. The molecule has 0 unspecified atom stereocenters. The van der Waals surface area contributed by atoms with Gasteiger partial charge < -0.3 is 5.32 Å². The Kier molecular flexibility index (Phi) is 4.06. The number of thioether (sulfide) groups is 1. The standard InChI is InChI=1S/C15H15N5OS/c1-10-6-11(2)12(13(7-10)20-5-3-4-17-20)8-16-19-15-18-14(21)9-22-15/h3-8H,9H2,1-2H3,(H,18,19,21). The van der Waals surface area contributed by atoms with E-state index >= 15 is 0 Å². The second-order valence-electron chi connectivity index (χ2n) is 4.95. The number of hydrogen-bond acceptors (Lipinski definition) is 5. The highest BCUT2D eigenvalue weighted by molar-refractivity contribution is 8.15. The molecule has 0 spiro atoms. The topological polar surface area (TPSA) is 71.6 Å². The van der Waals surface area contributed by atoms with E-state index < -0.39 is 0 Å². The van der Waals surface area contributed by atoms with Crippen molar-refractivity contribution in [3.63, 3.8) is 0 Å². The van der Waals surface area contributed by atoms with Crippen molar-refractivity contribution in [1.82, 2.24) is 15.1 Å². The van der Waals surface area contributed by atoms with E-state index in [0.717, 1.165) is 22.4 Å². The Balaban J connectivity index is 1.94. The molecule has 0 bridgehead atoms. The van der Waals surface area contributed by atoms with Crippen LogP contribution in [0.25, 0.3) is 5.69 Å². The van der Waals surface area contributed by atoms with Gasteiger partial charge in [-0.05, 0) is 37.1 Å². The van der Waals surface area contributed by atoms with E-state index in [1.165, 1.54) is 11.8 Å². The normalized spacial score (nSPS) is 16.6. The van der Waals surface area contributed by atoms with Gasteiger partial charge in [0.15, 0.2) is 5.17 Å². The van der Waals surface area contributed by atoms with Gasteiger partial charge in [-0.1, -0.05) is 17.8 Å². The van der Waals surface area contributed by atoms with Gasteiger partial charge in [-0.25, -0.2) is 4.68 Å². The van der Waals surface area contributed by atoms with Crippen LogP contribution >= 0.6 is 11.8 Å². The highest BCUT2D eigenvalue weighted by Gasteiger charge is 2.16. The molecule has 0 atom stereocenters. The van der Waals surface area contributed by atoms with Gasteiger partial charge in [-0.15, -0.1) is 5.10 Å². The van der Waals surface area contributed by atoms with Crippen LogP contribution in [0.3, 0.4) is 0 Å². The number of nitrogens with one attached hydrogen (secondary N) is 1. The molecule has 1 fully saturated rings. The quantitative estimate of drug-likeness (QED) is 0.696. The van der Waals surface area contributed by atoms with Gasteiger partial charge in [0.1, 0.15) is 0 Å². The van der Waals surface area contributed by atoms with E-state index in [4.69, 9.17) is 0 Å². The zero-order valence-electron chi connectivity index (χ0n) is 12.3. The first-order valence-electron chi connectivity index (χ1n) is 6.78. The lowest BCUT2D eigenvalue weighted by molar-refractivity contribution is -0.116. The summed E-state index contributed by atoms with van der Waals surface area (Å²) in [7, 11) is 0. The molecule has 0 aliphatic carbocycles. The number of rotatable bonds is 3. The average molecular weight is 313 g/mol. The molecule has 0 saturated carbocycles. The number of carbonyl (C=O) groups is 1. The minimum absolute atomic E-state index is 0.0392. The van der Waals surface area contributed by atoms with Gasteiger partial charge in [0.05, 0.1) is 17.7 Å². The van der Waals surface area contributed by atoms with Crippen LogP contribution < -0.4 is 5.32 Å². The third kappa shape index (κ3) is 3.09. The Labute approximate surface area is 132 Å². The molecule has 22 heavy (non-hydrogen) atoms. The number of carbonyl (C=O) groups excluding carboxylic acids is 1. The second kappa shape index (κ2) is 6.15. The second-order valence-corrected chi connectivity index (χ2v) is 5.92. The molecule has 2 aromatic rings. The number of hydrogen-bond donors (Lipinski definition) is 1. The Bertz CT molecular complexity index is 764. The van der Waals surface area contributed by atoms with E-state index in [1.54, 1.807) is 17.1 Å². The van der Waals surface area contributed by atoms with Gasteiger partial charge in [-0.2, -0.15) is 10.2 Å². The molecule has 3 rings (SSSR count). The van der Waals surface area contributed by atoms with Crippen molar-refractivity contribution in [1.29, 1.82) is 0 Å². The predicted molar refractivity (Wildman–Crippen MR) is 88.7 cm³/mol. The summed E-state index contributed by atoms with van der Waals surface area (Å²) in [6.45, 7) is 4.08. The summed E-state index contributed by atoms with van der Waals surface area (Å²) in [4.78, 5) is 11.1. The van der Waals surface area contributed by atoms with Crippen molar-refractivity contribution in [2.24, 2.45) is 10.2 Å². The van der Waals surface area contributed by atoms with E-state index in [1.807, 2.05) is 26.1 Å². The molecule has 6 nitrogen and oxygen atoms in total. The molecular weight excluding hydrogens is 298 g/mol. The molecular formula is C15H15N5OS. The van der Waals surface area contributed by atoms with Gasteiger partial charge in [0.2, 0.25) is 5.91 Å². The summed E-state index contributed by atoms with van der Waals surface area (Å²) < 4.78 is 1.81. The molecule has 0 radical (unpaired) electrons. The van der Waals surface area contributed by atoms with Crippen LogP contribution in [0.4, 0.5) is 0 Å². The van der Waals surface area contributed by atoms with Crippen LogP contribution in [0.15, 0.2) is 40.8 Å². The number of aromatic nitrogens is 2. The Hall–Kier alpha value is -2.41. The molecule has 1 saturated heterocycles. The van der Waals surface area contributed by atoms with Gasteiger partial charge in [0, 0.05) is 18.0 Å². The highest BCUT2D eigenvalue weighted by Crippen LogP contribution is 2.19. The first-order valence-corrected chi connectivity index (χ1v) is 7.77. The summed E-state index contributed by atoms with van der Waals surface area (Å²) in [6.07, 6.45) is 5.33. The molecule has 1 aromatic heterocycles. The number of aryl methyl sites for hydroxylation is 2. The van der Waals surface area contributed by atoms with Crippen LogP contribution in [0.1, 0.15) is 16.7 Å². The van der Waals surface area contributed by atoms with Crippen LogP contribution in [0, 0.1) is 13.8 Å². The van der Waals surface area contributed by atoms with Crippen LogP contribution in [0.2, 0.25) is 0 Å². The summed E-state index contributed by atoms with van der Waals surface area (Å²) in [6, 6.07) is 6.03. The third-order valence-electron chi connectivity index (χ3n) is 3.18. The number of nitrogens with zero attached hydrogens (tertiary/aromatic N) is 4. The van der Waals surface area contributed by atoms with Crippen molar-refractivity contribution in [3.8, 4) is 5.69 Å². The van der Waals surface area contributed by atoms with E-state index in [2.05, 4.69) is 32.8 Å². The van der Waals surface area contributed by atoms with Crippen molar-refractivity contribution in [2.75, 3.05) is 5.75 Å². The Morgan fingerprint density at radius 3 is 2.95 bits per heavy atom. The molecule has 1 aliphatic rings. The summed E-state index contributed by atoms with van der Waals surface area (Å²) in [5.74, 6) is 0.360. The lowest BCUT2D eigenvalue weighted by Crippen LogP contribution is -2.19. The zero-order chi connectivity index (χ0) is 15.5. The monoisotopic (exact) mass is 313 g/mol. The van der Waals surface area contributed by atoms with Gasteiger partial charge in [0.25, 0.3) is 0 Å². The SMILES string of the molecule is Cc1cc(C)c(C=NN=C2NC(=O)CS2)c(-n2cccn2)c1. The maximum Gasteiger partial charge on any atom is 0.236 e. The van der Waals surface area contributed by atoms with Crippen molar-refractivity contribution in [2.45, 2.75) is 13.8 Å². The van der Waals surface area contributed by atoms with Crippen molar-refractivity contribution >= 4 is 29.1 Å². The molecule has 1 amide bonds. The van der Waals surface area contributed by atoms with Crippen molar-refractivity contribution < 1.29 is 4.79 Å². The molecule has 1 N–H and O–H groups in total. The summed E-state index contributed by atoms with van der Waals surface area (Å²) in [5.41, 5.74) is 4.16. The van der Waals surface area contributed by atoms with E-state index in [-0.39, 0.29) is 5.91 Å². The fourth-order valence-electron chi connectivity index (χ4n) is 2.24. The lowest BCUT2D eigenvalue weighted by Gasteiger charge is -2.10. The summed E-state index contributed by atoms with van der Waals surface area (Å²) in [5, 5.41) is 15.6. The van der Waals surface area contributed by atoms with Crippen molar-refractivity contribution in [3.05, 3.63) is 47.3 Å². The lowest BCUT2D eigenvalue weighted by atomic mass is 10.0. The molecule has 1 aliphatic heterocycles. The third-order valence-corrected chi connectivity index (χ3v) is 4.05. The molecule has 112 valence electrons. The van der Waals surface area contributed by atoms with Crippen LogP contribution in [-0.2, 0) is 4.79 Å². The average Bonchev–Trinajstić information content (AvgIpc) is 3.12. The first-order chi connectivity index (χ1) is 10.6. The summed E-state index contributed by atoms with van der Waals surface area (Å²) >= 11 is 1.35. The number of amidine groups is 1. The van der Waals surface area contributed by atoms with Crippen LogP contribution in [0.5, 0.6) is 0 Å². The Morgan fingerprint density at radius 2 is 2.27 bits per heavy atom. The smallest absolute Gasteiger partial charge is 0.236 e. The van der Waals surface area contributed by atoms with Gasteiger partial charge in [-0.3, -0.25) is 4.79 Å². The predicted octanol–water partition coefficient (Wildman–Crippen LogP) is 2.04. The Morgan fingerprint density at radius 1 is 1.41 bits per heavy atom. The minimum Gasteiger partial charge on any atom is -0.303 e. The maximum absolute atomic E-state index is 11.1. The minimum atomic E-state index is -0.0392. The fraction of sp³-hybridized carbons (Fsp3) is 0.200. The van der Waals surface area contributed by atoms with E-state index in [0.29, 0.717) is 10.9 Å². The number of amides is 1. The first kappa shape index (κ1) is 14.5. The van der Waals surface area contributed by atoms with Crippen LogP contribution in [-0.4, -0.2) is 32.8 Å². The number of benzene rings is 1. The highest BCUT2D eigenvalue weighted by atomic mass is 32.2. The zero-order valence-corrected chi connectivity index (χ0v) is 13.1. The molecule has 2 heterocycles. The van der Waals surface area contributed by atoms with E-state index in [9.17, 15) is 4.79 Å². The largest absolute Gasteiger partial charge is 0.303 e. The maximum atomic E-state index is 11.1. The molecule has 7 heteroatoms. The fourth-order valence-corrected chi connectivity index (χ4v) is 2.87.